The molecule has 2 atom stereocenters. The molecule has 0 radical (unpaired) electrons. The van der Waals surface area contributed by atoms with Crippen LogP contribution in [0.1, 0.15) is 12.8 Å². The van der Waals surface area contributed by atoms with Gasteiger partial charge in [-0.05, 0) is 18.2 Å². The minimum atomic E-state index is -1.77. The van der Waals surface area contributed by atoms with Gasteiger partial charge in [0.2, 0.25) is 0 Å². The van der Waals surface area contributed by atoms with Crippen LogP contribution in [0.5, 0.6) is 0 Å². The lowest BCUT2D eigenvalue weighted by atomic mass is 9.79. The first-order chi connectivity index (χ1) is 7.33. The highest BCUT2D eigenvalue weighted by atomic mass is 16.4. The smallest absolute Gasteiger partial charge is 0.306 e. The predicted octanol–water partition coefficient (Wildman–Crippen LogP) is 0.295. The highest BCUT2D eigenvalue weighted by molar-refractivity contribution is 5.71. The molecular weight excluding hydrogens is 216 g/mol. The third kappa shape index (κ3) is 2.83. The van der Waals surface area contributed by atoms with E-state index >= 15 is 0 Å². The monoisotopic (exact) mass is 228 g/mol. The van der Waals surface area contributed by atoms with Gasteiger partial charge in [-0.3, -0.25) is 9.59 Å². The molecule has 2 unspecified atom stereocenters. The van der Waals surface area contributed by atoms with E-state index in [1.165, 1.54) is 0 Å². The molecule has 0 aromatic rings. The van der Waals surface area contributed by atoms with Crippen molar-refractivity contribution >= 4 is 11.9 Å². The Morgan fingerprint density at radius 3 is 2.44 bits per heavy atom. The summed E-state index contributed by atoms with van der Waals surface area (Å²) in [6.45, 7) is 0. The van der Waals surface area contributed by atoms with Gasteiger partial charge >= 0.3 is 11.9 Å². The van der Waals surface area contributed by atoms with E-state index in [9.17, 15) is 19.8 Å². The van der Waals surface area contributed by atoms with Gasteiger partial charge in [0, 0.05) is 5.92 Å². The molecule has 0 saturated carbocycles. The van der Waals surface area contributed by atoms with Crippen molar-refractivity contribution in [1.82, 2.24) is 0 Å². The Labute approximate surface area is 91.1 Å². The van der Waals surface area contributed by atoms with E-state index in [2.05, 4.69) is 0 Å². The maximum absolute atomic E-state index is 10.6. The van der Waals surface area contributed by atoms with Gasteiger partial charge in [-0.1, -0.05) is 0 Å². The Morgan fingerprint density at radius 1 is 1.31 bits per heavy atom. The van der Waals surface area contributed by atoms with Gasteiger partial charge in [0.15, 0.2) is 0 Å². The first kappa shape index (κ1) is 12.3. The Morgan fingerprint density at radius 2 is 1.94 bits per heavy atom. The van der Waals surface area contributed by atoms with Crippen molar-refractivity contribution in [2.45, 2.75) is 18.4 Å². The lowest BCUT2D eigenvalue weighted by molar-refractivity contribution is -0.146. The second-order valence-electron chi connectivity index (χ2n) is 3.69. The summed E-state index contributed by atoms with van der Waals surface area (Å²) in [5.41, 5.74) is -1.77. The molecule has 0 aliphatic heterocycles. The van der Waals surface area contributed by atoms with E-state index in [-0.39, 0.29) is 5.76 Å². The normalized spacial score (nSPS) is 28.6. The number of allylic oxidation sites excluding steroid dienone is 1. The Kier molecular flexibility index (Phi) is 3.34. The first-order valence-electron chi connectivity index (χ1n) is 4.59. The number of carboxylic acids is 2. The number of aliphatic hydroxyl groups excluding tert-OH is 1. The van der Waals surface area contributed by atoms with Crippen molar-refractivity contribution in [3.8, 4) is 0 Å². The lowest BCUT2D eigenvalue weighted by Gasteiger charge is -2.31. The molecule has 0 amide bonds. The number of aliphatic hydroxyl groups is 2. The SMILES string of the molecule is O=C(O)CC1C=C(O)C=CC1(O)CC(=O)O. The van der Waals surface area contributed by atoms with Crippen LogP contribution in [-0.2, 0) is 9.59 Å². The van der Waals surface area contributed by atoms with Gasteiger partial charge in [-0.2, -0.15) is 0 Å². The quantitative estimate of drug-likeness (QED) is 0.550. The maximum atomic E-state index is 10.6. The molecule has 0 aromatic carbocycles. The zero-order chi connectivity index (χ0) is 12.3. The molecule has 1 rings (SSSR count). The molecule has 0 aromatic heterocycles. The van der Waals surface area contributed by atoms with Gasteiger partial charge < -0.3 is 20.4 Å². The van der Waals surface area contributed by atoms with Gasteiger partial charge in [-0.15, -0.1) is 0 Å². The van der Waals surface area contributed by atoms with Crippen LogP contribution in [0.2, 0.25) is 0 Å². The number of rotatable bonds is 4. The molecule has 6 nitrogen and oxygen atoms in total. The number of aliphatic carboxylic acids is 2. The summed E-state index contributed by atoms with van der Waals surface area (Å²) in [6.07, 6.45) is 2.37. The standard InChI is InChI=1S/C10H12O6/c11-7-1-2-10(16,5-9(14)15)6(3-7)4-8(12)13/h1-3,6,11,16H,4-5H2,(H,12,13)(H,14,15). The van der Waals surface area contributed by atoms with E-state index in [0.717, 1.165) is 18.2 Å². The summed E-state index contributed by atoms with van der Waals surface area (Å²) in [6, 6.07) is 0. The van der Waals surface area contributed by atoms with Gasteiger partial charge in [-0.25, -0.2) is 0 Å². The lowest BCUT2D eigenvalue weighted by Crippen LogP contribution is -2.40. The molecule has 0 saturated heterocycles. The van der Waals surface area contributed by atoms with Crippen LogP contribution in [0.4, 0.5) is 0 Å². The number of carbonyl (C=O) groups is 2. The van der Waals surface area contributed by atoms with Gasteiger partial charge in [0.05, 0.1) is 12.8 Å². The van der Waals surface area contributed by atoms with Gasteiger partial charge in [0.1, 0.15) is 11.4 Å². The Hall–Kier alpha value is -1.82. The predicted molar refractivity (Wildman–Crippen MR) is 52.8 cm³/mol. The van der Waals surface area contributed by atoms with Crippen LogP contribution in [0.15, 0.2) is 24.0 Å². The third-order valence-electron chi connectivity index (χ3n) is 2.39. The summed E-state index contributed by atoms with van der Waals surface area (Å²) in [5, 5.41) is 36.4. The topological polar surface area (TPSA) is 115 Å². The zero-order valence-corrected chi connectivity index (χ0v) is 8.33. The fourth-order valence-electron chi connectivity index (χ4n) is 1.62. The van der Waals surface area contributed by atoms with Crippen molar-refractivity contribution in [3.63, 3.8) is 0 Å². The van der Waals surface area contributed by atoms with Crippen LogP contribution >= 0.6 is 0 Å². The minimum Gasteiger partial charge on any atom is -0.508 e. The van der Waals surface area contributed by atoms with E-state index in [0.29, 0.717) is 0 Å². The number of hydrogen-bond donors (Lipinski definition) is 4. The zero-order valence-electron chi connectivity index (χ0n) is 8.33. The molecule has 0 spiro atoms. The summed E-state index contributed by atoms with van der Waals surface area (Å²) in [4.78, 5) is 21.1. The van der Waals surface area contributed by atoms with Crippen molar-refractivity contribution in [2.24, 2.45) is 5.92 Å². The summed E-state index contributed by atoms with van der Waals surface area (Å²) >= 11 is 0. The molecule has 88 valence electrons. The van der Waals surface area contributed by atoms with Gasteiger partial charge in [0.25, 0.3) is 0 Å². The average molecular weight is 228 g/mol. The Balaban J connectivity index is 2.93. The van der Waals surface area contributed by atoms with E-state index in [1.54, 1.807) is 0 Å². The van der Waals surface area contributed by atoms with Crippen molar-refractivity contribution in [2.75, 3.05) is 0 Å². The van der Waals surface area contributed by atoms with Crippen LogP contribution < -0.4 is 0 Å². The van der Waals surface area contributed by atoms with Crippen molar-refractivity contribution in [1.29, 1.82) is 0 Å². The fraction of sp³-hybridized carbons (Fsp3) is 0.400. The summed E-state index contributed by atoms with van der Waals surface area (Å²) in [7, 11) is 0. The molecule has 6 heteroatoms. The van der Waals surface area contributed by atoms with E-state index in [4.69, 9.17) is 10.2 Å². The molecule has 0 heterocycles. The Bertz CT molecular complexity index is 370. The van der Waals surface area contributed by atoms with Crippen molar-refractivity contribution < 1.29 is 30.0 Å². The fourth-order valence-corrected chi connectivity index (χ4v) is 1.62. The molecule has 16 heavy (non-hydrogen) atoms. The highest BCUT2D eigenvalue weighted by Gasteiger charge is 2.38. The van der Waals surface area contributed by atoms with E-state index in [1.807, 2.05) is 0 Å². The summed E-state index contributed by atoms with van der Waals surface area (Å²) in [5.74, 6) is -3.54. The molecule has 4 N–H and O–H groups in total. The second kappa shape index (κ2) is 4.36. The largest absolute Gasteiger partial charge is 0.508 e. The first-order valence-corrected chi connectivity index (χ1v) is 4.59. The van der Waals surface area contributed by atoms with Crippen molar-refractivity contribution in [3.05, 3.63) is 24.0 Å². The van der Waals surface area contributed by atoms with E-state index < -0.39 is 36.3 Å². The van der Waals surface area contributed by atoms with Crippen LogP contribution in [0.3, 0.4) is 0 Å². The molecule has 0 fully saturated rings. The second-order valence-corrected chi connectivity index (χ2v) is 3.69. The molecular formula is C10H12O6. The third-order valence-corrected chi connectivity index (χ3v) is 2.39. The number of hydrogen-bond acceptors (Lipinski definition) is 4. The van der Waals surface area contributed by atoms with Crippen LogP contribution in [0, 0.1) is 5.92 Å². The molecule has 0 bridgehead atoms. The average Bonchev–Trinajstić information content (AvgIpc) is 2.10. The summed E-state index contributed by atoms with van der Waals surface area (Å²) < 4.78 is 0. The highest BCUT2D eigenvalue weighted by Crippen LogP contribution is 2.32. The number of carboxylic acid groups (broad SMARTS) is 2. The van der Waals surface area contributed by atoms with Crippen LogP contribution in [0.25, 0.3) is 0 Å². The van der Waals surface area contributed by atoms with Crippen LogP contribution in [-0.4, -0.2) is 38.0 Å². The molecule has 1 aliphatic rings. The minimum absolute atomic E-state index is 0.179. The maximum Gasteiger partial charge on any atom is 0.306 e. The molecule has 1 aliphatic carbocycles.